The van der Waals surface area contributed by atoms with Crippen LogP contribution in [0.15, 0.2) is 55.0 Å². The van der Waals surface area contributed by atoms with Crippen LogP contribution < -0.4 is 19.7 Å². The van der Waals surface area contributed by atoms with E-state index < -0.39 is 0 Å². The SMILES string of the molecule is COc1cccc(CNC2CCN(c3ccc(-n4cnc(C)c4)c(OC)c3)C2=O)c1. The van der Waals surface area contributed by atoms with Crippen molar-refractivity contribution in [1.29, 1.82) is 0 Å². The van der Waals surface area contributed by atoms with E-state index in [0.29, 0.717) is 18.8 Å². The van der Waals surface area contributed by atoms with Gasteiger partial charge < -0.3 is 24.3 Å². The van der Waals surface area contributed by atoms with Gasteiger partial charge >= 0.3 is 0 Å². The van der Waals surface area contributed by atoms with Crippen LogP contribution in [-0.4, -0.2) is 42.3 Å². The minimum absolute atomic E-state index is 0.0752. The minimum atomic E-state index is -0.210. The summed E-state index contributed by atoms with van der Waals surface area (Å²) in [5, 5.41) is 3.38. The van der Waals surface area contributed by atoms with E-state index in [2.05, 4.69) is 10.3 Å². The lowest BCUT2D eigenvalue weighted by molar-refractivity contribution is -0.118. The van der Waals surface area contributed by atoms with Crippen LogP contribution >= 0.6 is 0 Å². The molecule has 0 aliphatic carbocycles. The molecule has 7 heteroatoms. The van der Waals surface area contributed by atoms with E-state index in [1.165, 1.54) is 0 Å². The van der Waals surface area contributed by atoms with Gasteiger partial charge in [0, 0.05) is 31.0 Å². The van der Waals surface area contributed by atoms with E-state index in [1.54, 1.807) is 20.5 Å². The number of nitrogens with one attached hydrogen (secondary N) is 1. The van der Waals surface area contributed by atoms with E-state index >= 15 is 0 Å². The predicted molar refractivity (Wildman–Crippen MR) is 115 cm³/mol. The largest absolute Gasteiger partial charge is 0.497 e. The van der Waals surface area contributed by atoms with Gasteiger partial charge in [0.25, 0.3) is 0 Å². The van der Waals surface area contributed by atoms with Gasteiger partial charge in [-0.1, -0.05) is 12.1 Å². The number of aryl methyl sites for hydroxylation is 1. The third kappa shape index (κ3) is 4.02. The number of methoxy groups -OCH3 is 2. The molecule has 0 radical (unpaired) electrons. The normalized spacial score (nSPS) is 16.2. The molecule has 4 rings (SSSR count). The molecule has 3 aromatic rings. The number of hydrogen-bond acceptors (Lipinski definition) is 5. The number of aromatic nitrogens is 2. The molecule has 0 saturated carbocycles. The highest BCUT2D eigenvalue weighted by Crippen LogP contribution is 2.31. The Kier molecular flexibility index (Phi) is 5.72. The monoisotopic (exact) mass is 406 g/mol. The van der Waals surface area contributed by atoms with Gasteiger partial charge in [-0.05, 0) is 43.2 Å². The van der Waals surface area contributed by atoms with Crippen molar-refractivity contribution in [2.75, 3.05) is 25.7 Å². The third-order valence-electron chi connectivity index (χ3n) is 5.36. The van der Waals surface area contributed by atoms with Crippen LogP contribution in [0, 0.1) is 6.92 Å². The number of rotatable bonds is 7. The van der Waals surface area contributed by atoms with Crippen molar-refractivity contribution in [1.82, 2.24) is 14.9 Å². The average Bonchev–Trinajstić information content (AvgIpc) is 3.37. The molecular formula is C23H26N4O3. The van der Waals surface area contributed by atoms with Crippen molar-refractivity contribution in [3.8, 4) is 17.2 Å². The number of anilines is 1. The van der Waals surface area contributed by atoms with Gasteiger partial charge in [-0.15, -0.1) is 0 Å². The number of hydrogen-bond donors (Lipinski definition) is 1. The van der Waals surface area contributed by atoms with Crippen molar-refractivity contribution in [2.24, 2.45) is 0 Å². The number of carbonyl (C=O) groups excluding carboxylic acids is 1. The van der Waals surface area contributed by atoms with Gasteiger partial charge in [0.05, 0.1) is 38.0 Å². The maximum Gasteiger partial charge on any atom is 0.244 e. The molecule has 0 bridgehead atoms. The van der Waals surface area contributed by atoms with Gasteiger partial charge in [-0.3, -0.25) is 4.79 Å². The Morgan fingerprint density at radius 3 is 2.77 bits per heavy atom. The summed E-state index contributed by atoms with van der Waals surface area (Å²) in [4.78, 5) is 19.1. The van der Waals surface area contributed by atoms with Crippen LogP contribution in [0.5, 0.6) is 11.5 Å². The molecule has 1 aliphatic rings. The Morgan fingerprint density at radius 2 is 2.03 bits per heavy atom. The average molecular weight is 406 g/mol. The number of benzene rings is 2. The zero-order valence-electron chi connectivity index (χ0n) is 17.5. The van der Waals surface area contributed by atoms with Crippen molar-refractivity contribution in [2.45, 2.75) is 25.9 Å². The van der Waals surface area contributed by atoms with Crippen LogP contribution in [0.1, 0.15) is 17.7 Å². The second-order valence-electron chi connectivity index (χ2n) is 7.34. The highest BCUT2D eigenvalue weighted by molar-refractivity contribution is 5.99. The fourth-order valence-corrected chi connectivity index (χ4v) is 3.75. The highest BCUT2D eigenvalue weighted by atomic mass is 16.5. The highest BCUT2D eigenvalue weighted by Gasteiger charge is 2.32. The number of nitrogens with zero attached hydrogens (tertiary/aromatic N) is 3. The van der Waals surface area contributed by atoms with E-state index in [-0.39, 0.29) is 11.9 Å². The van der Waals surface area contributed by atoms with Crippen LogP contribution in [0.2, 0.25) is 0 Å². The smallest absolute Gasteiger partial charge is 0.244 e. The van der Waals surface area contributed by atoms with Gasteiger partial charge in [0.15, 0.2) is 0 Å². The Morgan fingerprint density at radius 1 is 1.17 bits per heavy atom. The van der Waals surface area contributed by atoms with Crippen LogP contribution in [0.3, 0.4) is 0 Å². The number of ether oxygens (including phenoxy) is 2. The molecule has 1 saturated heterocycles. The van der Waals surface area contributed by atoms with Gasteiger partial charge in [-0.2, -0.15) is 0 Å². The first-order valence-corrected chi connectivity index (χ1v) is 9.95. The van der Waals surface area contributed by atoms with Crippen molar-refractivity contribution in [3.63, 3.8) is 0 Å². The standard InChI is InChI=1S/C23H26N4O3/c1-16-14-26(15-25-16)21-8-7-18(12-22(21)30-3)27-10-9-20(23(27)28)24-13-17-5-4-6-19(11-17)29-2/h4-8,11-12,14-15,20,24H,9-10,13H2,1-3H3. The summed E-state index contributed by atoms with van der Waals surface area (Å²) < 4.78 is 12.8. The molecule has 1 N–H and O–H groups in total. The molecule has 1 fully saturated rings. The second-order valence-corrected chi connectivity index (χ2v) is 7.34. The molecular weight excluding hydrogens is 380 g/mol. The van der Waals surface area contributed by atoms with Crippen molar-refractivity contribution in [3.05, 3.63) is 66.2 Å². The molecule has 1 unspecified atom stereocenters. The Labute approximate surface area is 176 Å². The lowest BCUT2D eigenvalue weighted by atomic mass is 10.2. The first kappa shape index (κ1) is 20.0. The fraction of sp³-hybridized carbons (Fsp3) is 0.304. The molecule has 30 heavy (non-hydrogen) atoms. The molecule has 1 aromatic heterocycles. The topological polar surface area (TPSA) is 68.6 Å². The predicted octanol–water partition coefficient (Wildman–Crippen LogP) is 3.09. The molecule has 1 amide bonds. The zero-order chi connectivity index (χ0) is 21.1. The summed E-state index contributed by atoms with van der Waals surface area (Å²) in [6, 6.07) is 13.5. The van der Waals surface area contributed by atoms with Crippen LogP contribution in [0.25, 0.3) is 5.69 Å². The summed E-state index contributed by atoms with van der Waals surface area (Å²) in [6.45, 7) is 3.23. The van der Waals surface area contributed by atoms with Gasteiger partial charge in [-0.25, -0.2) is 4.98 Å². The quantitative estimate of drug-likeness (QED) is 0.653. The summed E-state index contributed by atoms with van der Waals surface area (Å²) in [5.74, 6) is 1.59. The van der Waals surface area contributed by atoms with Crippen LogP contribution in [0.4, 0.5) is 5.69 Å². The molecule has 0 spiro atoms. The molecule has 2 aromatic carbocycles. The van der Waals surface area contributed by atoms with E-state index in [9.17, 15) is 4.79 Å². The van der Waals surface area contributed by atoms with Gasteiger partial charge in [0.1, 0.15) is 11.5 Å². The summed E-state index contributed by atoms with van der Waals surface area (Å²) in [5.41, 5.74) is 3.74. The fourth-order valence-electron chi connectivity index (χ4n) is 3.75. The van der Waals surface area contributed by atoms with Crippen molar-refractivity contribution >= 4 is 11.6 Å². The second kappa shape index (κ2) is 8.59. The minimum Gasteiger partial charge on any atom is -0.497 e. The molecule has 2 heterocycles. The molecule has 7 nitrogen and oxygen atoms in total. The number of imidazole rings is 1. The Bertz CT molecular complexity index is 1050. The van der Waals surface area contributed by atoms with Crippen LogP contribution in [-0.2, 0) is 11.3 Å². The maximum atomic E-state index is 13.0. The first-order valence-electron chi connectivity index (χ1n) is 9.95. The molecule has 1 aliphatic heterocycles. The zero-order valence-corrected chi connectivity index (χ0v) is 17.5. The van der Waals surface area contributed by atoms with Gasteiger partial charge in [0.2, 0.25) is 5.91 Å². The van der Waals surface area contributed by atoms with E-state index in [4.69, 9.17) is 9.47 Å². The Balaban J connectivity index is 1.46. The third-order valence-corrected chi connectivity index (χ3v) is 5.36. The maximum absolute atomic E-state index is 13.0. The van der Waals surface area contributed by atoms with E-state index in [1.807, 2.05) is 65.1 Å². The lowest BCUT2D eigenvalue weighted by Crippen LogP contribution is -2.38. The number of carbonyl (C=O) groups is 1. The molecule has 156 valence electrons. The Hall–Kier alpha value is -3.32. The molecule has 1 atom stereocenters. The summed E-state index contributed by atoms with van der Waals surface area (Å²) in [7, 11) is 3.29. The van der Waals surface area contributed by atoms with E-state index in [0.717, 1.165) is 34.8 Å². The lowest BCUT2D eigenvalue weighted by Gasteiger charge is -2.19. The number of amides is 1. The van der Waals surface area contributed by atoms with Crippen molar-refractivity contribution < 1.29 is 14.3 Å². The first-order chi connectivity index (χ1) is 14.6. The summed E-state index contributed by atoms with van der Waals surface area (Å²) in [6.07, 6.45) is 4.46. The summed E-state index contributed by atoms with van der Waals surface area (Å²) >= 11 is 0.